The highest BCUT2D eigenvalue weighted by molar-refractivity contribution is 6.06. The Hall–Kier alpha value is -3.49. The molecule has 44 heavy (non-hydrogen) atoms. The van der Waals surface area contributed by atoms with Crippen molar-refractivity contribution in [1.29, 1.82) is 0 Å². The van der Waals surface area contributed by atoms with Crippen molar-refractivity contribution in [2.45, 2.75) is 70.7 Å². The van der Waals surface area contributed by atoms with Crippen LogP contribution in [-0.4, -0.2) is 82.2 Å². The zero-order chi connectivity index (χ0) is 32.0. The Kier molecular flexibility index (Phi) is 8.80. The van der Waals surface area contributed by atoms with E-state index in [-0.39, 0.29) is 42.7 Å². The van der Waals surface area contributed by atoms with Crippen molar-refractivity contribution in [3.63, 3.8) is 0 Å². The third kappa shape index (κ3) is 4.78. The van der Waals surface area contributed by atoms with Gasteiger partial charge in [0.15, 0.2) is 0 Å². The summed E-state index contributed by atoms with van der Waals surface area (Å²) in [5, 5.41) is 12.7. The summed E-state index contributed by atoms with van der Waals surface area (Å²) >= 11 is 0. The van der Waals surface area contributed by atoms with Crippen LogP contribution in [0.15, 0.2) is 67.8 Å². The van der Waals surface area contributed by atoms with Gasteiger partial charge in [0.05, 0.1) is 30.1 Å². The van der Waals surface area contributed by atoms with E-state index in [4.69, 9.17) is 4.74 Å². The van der Waals surface area contributed by atoms with Gasteiger partial charge in [-0.3, -0.25) is 14.4 Å². The van der Waals surface area contributed by atoms with Crippen molar-refractivity contribution >= 4 is 34.2 Å². The largest absolute Gasteiger partial charge is 0.394 e. The number of amides is 3. The predicted molar refractivity (Wildman–Crippen MR) is 173 cm³/mol. The highest BCUT2D eigenvalue weighted by atomic mass is 16.5. The Balaban J connectivity index is 1.66. The molecule has 8 heteroatoms. The summed E-state index contributed by atoms with van der Waals surface area (Å²) in [5.41, 5.74) is -1.45. The maximum absolute atomic E-state index is 15.0. The highest BCUT2D eigenvalue weighted by Gasteiger charge is 2.80. The maximum atomic E-state index is 15.0. The SMILES string of the molecule is C=CCN(CCC)C(=O)[C@H]1[C@H]2C(=O)N([C@@H](CO)C(C)C)C(C(=O)N(CC=C)c3ccc4ccccc4c3)C23CC(C)[C@]1(C)O3. The number of carbonyl (C=O) groups is 3. The van der Waals surface area contributed by atoms with E-state index in [1.54, 1.807) is 26.9 Å². The van der Waals surface area contributed by atoms with Crippen LogP contribution in [0.25, 0.3) is 10.8 Å². The molecule has 2 aromatic rings. The second kappa shape index (κ2) is 12.1. The summed E-state index contributed by atoms with van der Waals surface area (Å²) < 4.78 is 6.98. The zero-order valence-electron chi connectivity index (χ0n) is 26.7. The molecule has 3 unspecified atom stereocenters. The van der Waals surface area contributed by atoms with Crippen LogP contribution in [0.2, 0.25) is 0 Å². The number of aliphatic hydroxyl groups is 1. The van der Waals surface area contributed by atoms with Gasteiger partial charge in [-0.1, -0.05) is 70.2 Å². The van der Waals surface area contributed by atoms with Crippen molar-refractivity contribution in [2.24, 2.45) is 23.7 Å². The fraction of sp³-hybridized carbons (Fsp3) is 0.528. The number of hydrogen-bond acceptors (Lipinski definition) is 5. The first-order valence-electron chi connectivity index (χ1n) is 15.9. The summed E-state index contributed by atoms with van der Waals surface area (Å²) in [4.78, 5) is 49.1. The topological polar surface area (TPSA) is 90.4 Å². The zero-order valence-corrected chi connectivity index (χ0v) is 26.7. The Morgan fingerprint density at radius 1 is 1.11 bits per heavy atom. The fourth-order valence-corrected chi connectivity index (χ4v) is 8.17. The summed E-state index contributed by atoms with van der Waals surface area (Å²) in [6, 6.07) is 12.2. The standard InChI is InChI=1S/C36H47N3O5/c1-8-17-37(18-9-2)32(41)29-30-33(42)39(28(22-40)23(4)5)31(36(30)21-24(6)35(29,7)44-36)34(43)38(19-10-3)27-16-15-25-13-11-12-14-26(25)20-27/h8,10-16,20,23-24,28-31,40H,1,3,9,17-19,21-22H2,2,4-7H3/t24?,28-,29+,30-,31?,35-,36?/m0/s1. The van der Waals surface area contributed by atoms with Gasteiger partial charge in [-0.15, -0.1) is 13.2 Å². The molecule has 2 aromatic carbocycles. The monoisotopic (exact) mass is 601 g/mol. The Morgan fingerprint density at radius 2 is 1.80 bits per heavy atom. The summed E-state index contributed by atoms with van der Waals surface area (Å²) in [6.45, 7) is 18.5. The number of fused-ring (bicyclic) bond motifs is 2. The molecule has 5 rings (SSSR count). The van der Waals surface area contributed by atoms with Crippen molar-refractivity contribution in [3.8, 4) is 0 Å². The molecule has 3 fully saturated rings. The minimum atomic E-state index is -1.21. The van der Waals surface area contributed by atoms with Gasteiger partial charge >= 0.3 is 0 Å². The second-order valence-corrected chi connectivity index (χ2v) is 13.3. The molecular formula is C36H47N3O5. The molecule has 0 saturated carbocycles. The van der Waals surface area contributed by atoms with Gasteiger partial charge in [0.25, 0.3) is 5.91 Å². The van der Waals surface area contributed by atoms with Crippen LogP contribution in [0.3, 0.4) is 0 Å². The fourth-order valence-electron chi connectivity index (χ4n) is 8.17. The van der Waals surface area contributed by atoms with Crippen molar-refractivity contribution in [1.82, 2.24) is 9.80 Å². The number of benzene rings is 2. The average Bonchev–Trinajstić information content (AvgIpc) is 3.51. The molecular weight excluding hydrogens is 554 g/mol. The van der Waals surface area contributed by atoms with E-state index < -0.39 is 35.1 Å². The van der Waals surface area contributed by atoms with Gasteiger partial charge in [0, 0.05) is 25.3 Å². The van der Waals surface area contributed by atoms with Gasteiger partial charge < -0.3 is 24.5 Å². The molecule has 1 spiro atoms. The third-order valence-electron chi connectivity index (χ3n) is 10.3. The minimum absolute atomic E-state index is 0.0805. The lowest BCUT2D eigenvalue weighted by molar-refractivity contribution is -0.154. The number of nitrogens with zero attached hydrogens (tertiary/aromatic N) is 3. The van der Waals surface area contributed by atoms with E-state index in [1.165, 1.54) is 0 Å². The molecule has 7 atom stereocenters. The quantitative estimate of drug-likeness (QED) is 0.353. The molecule has 3 aliphatic heterocycles. The first-order chi connectivity index (χ1) is 21.0. The number of ether oxygens (including phenoxy) is 1. The lowest BCUT2D eigenvalue weighted by Crippen LogP contribution is -2.60. The first-order valence-corrected chi connectivity index (χ1v) is 15.9. The van der Waals surface area contributed by atoms with Crippen LogP contribution >= 0.6 is 0 Å². The smallest absolute Gasteiger partial charge is 0.253 e. The van der Waals surface area contributed by atoms with Gasteiger partial charge in [-0.05, 0) is 54.5 Å². The lowest BCUT2D eigenvalue weighted by atomic mass is 9.62. The van der Waals surface area contributed by atoms with E-state index in [1.807, 2.05) is 77.1 Å². The molecule has 236 valence electrons. The predicted octanol–water partition coefficient (Wildman–Crippen LogP) is 4.81. The Labute approximate surface area is 261 Å². The summed E-state index contributed by atoms with van der Waals surface area (Å²) in [7, 11) is 0. The van der Waals surface area contributed by atoms with Crippen LogP contribution in [-0.2, 0) is 19.1 Å². The van der Waals surface area contributed by atoms with E-state index in [9.17, 15) is 14.7 Å². The van der Waals surface area contributed by atoms with Crippen LogP contribution in [0.4, 0.5) is 5.69 Å². The van der Waals surface area contributed by atoms with Crippen molar-refractivity contribution < 1.29 is 24.2 Å². The van der Waals surface area contributed by atoms with Gasteiger partial charge in [0.2, 0.25) is 11.8 Å². The lowest BCUT2D eigenvalue weighted by Gasteiger charge is -2.40. The number of hydrogen-bond donors (Lipinski definition) is 1. The molecule has 3 saturated heterocycles. The Bertz CT molecular complexity index is 1460. The highest BCUT2D eigenvalue weighted by Crippen LogP contribution is 2.66. The maximum Gasteiger partial charge on any atom is 0.253 e. The van der Waals surface area contributed by atoms with Crippen LogP contribution in [0, 0.1) is 23.7 Å². The summed E-state index contributed by atoms with van der Waals surface area (Å²) in [6.07, 6.45) is 4.60. The number of anilines is 1. The average molecular weight is 602 g/mol. The van der Waals surface area contributed by atoms with E-state index >= 15 is 4.79 Å². The molecule has 0 radical (unpaired) electrons. The second-order valence-electron chi connectivity index (χ2n) is 13.3. The number of aliphatic hydroxyl groups excluding tert-OH is 1. The van der Waals surface area contributed by atoms with Gasteiger partial charge in [-0.25, -0.2) is 0 Å². The van der Waals surface area contributed by atoms with E-state index in [0.717, 1.165) is 17.2 Å². The van der Waals surface area contributed by atoms with Crippen molar-refractivity contribution in [2.75, 3.05) is 31.1 Å². The number of carbonyl (C=O) groups excluding carboxylic acids is 3. The molecule has 3 aliphatic rings. The molecule has 0 aliphatic carbocycles. The number of rotatable bonds is 12. The van der Waals surface area contributed by atoms with E-state index in [0.29, 0.717) is 25.2 Å². The molecule has 2 bridgehead atoms. The third-order valence-corrected chi connectivity index (χ3v) is 10.3. The summed E-state index contributed by atoms with van der Waals surface area (Å²) in [5.74, 6) is -2.55. The Morgan fingerprint density at radius 3 is 2.41 bits per heavy atom. The van der Waals surface area contributed by atoms with Crippen LogP contribution in [0.1, 0.15) is 47.5 Å². The van der Waals surface area contributed by atoms with Gasteiger partial charge in [-0.2, -0.15) is 0 Å². The minimum Gasteiger partial charge on any atom is -0.394 e. The van der Waals surface area contributed by atoms with Crippen molar-refractivity contribution in [3.05, 3.63) is 67.8 Å². The molecule has 1 N–H and O–H groups in total. The molecule has 3 amide bonds. The first kappa shape index (κ1) is 31.9. The van der Waals surface area contributed by atoms with Crippen LogP contribution in [0.5, 0.6) is 0 Å². The molecule has 3 heterocycles. The number of likely N-dealkylation sites (tertiary alicyclic amines) is 1. The normalized spacial score (nSPS) is 29.6. The van der Waals surface area contributed by atoms with Gasteiger partial charge in [0.1, 0.15) is 11.6 Å². The molecule has 8 nitrogen and oxygen atoms in total. The van der Waals surface area contributed by atoms with Crippen LogP contribution < -0.4 is 4.90 Å². The van der Waals surface area contributed by atoms with E-state index in [2.05, 4.69) is 13.2 Å². The molecule has 0 aromatic heterocycles.